The number of anilines is 1. The molecule has 0 saturated heterocycles. The van der Waals surface area contributed by atoms with Crippen LogP contribution in [-0.2, 0) is 19.6 Å². The predicted molar refractivity (Wildman–Crippen MR) is 101 cm³/mol. The summed E-state index contributed by atoms with van der Waals surface area (Å²) in [5.41, 5.74) is 1.33. The molecule has 0 fully saturated rings. The molecule has 7 heteroatoms. The number of hydrogen-bond donors (Lipinski definition) is 0. The van der Waals surface area contributed by atoms with Crippen LogP contribution in [0.4, 0.5) is 5.69 Å². The highest BCUT2D eigenvalue weighted by Gasteiger charge is 2.27. The Morgan fingerprint density at radius 1 is 1.16 bits per heavy atom. The van der Waals surface area contributed by atoms with Crippen molar-refractivity contribution in [3.8, 4) is 0 Å². The van der Waals surface area contributed by atoms with E-state index in [1.165, 1.54) is 11.8 Å². The monoisotopic (exact) mass is 379 g/mol. The number of rotatable bonds is 7. The Hall–Kier alpha value is -1.99. The van der Waals surface area contributed by atoms with E-state index in [0.717, 1.165) is 14.8 Å². The van der Waals surface area contributed by atoms with Gasteiger partial charge in [0.1, 0.15) is 6.54 Å². The molecule has 0 N–H and O–H groups in total. The Kier molecular flexibility index (Phi) is 6.50. The zero-order valence-electron chi connectivity index (χ0n) is 14.4. The van der Waals surface area contributed by atoms with E-state index in [9.17, 15) is 13.2 Å². The summed E-state index contributed by atoms with van der Waals surface area (Å²) in [5.74, 6) is -0.590. The first-order valence-corrected chi connectivity index (χ1v) is 10.4. The van der Waals surface area contributed by atoms with Crippen molar-refractivity contribution in [1.82, 2.24) is 0 Å². The number of carbonyl (C=O) groups is 1. The van der Waals surface area contributed by atoms with Gasteiger partial charge in [-0.2, -0.15) is 0 Å². The zero-order chi connectivity index (χ0) is 18.4. The smallest absolute Gasteiger partial charge is 0.326 e. The Balaban J connectivity index is 2.46. The lowest BCUT2D eigenvalue weighted by atomic mass is 10.2. The standard InChI is InChI=1S/C18H21NO4S2/c1-4-23-18(20)13-19(15-7-5-6-14(2)12-15)25(21,22)17-10-8-16(24-3)9-11-17/h5-12H,4,13H2,1-3H3. The molecule has 0 amide bonds. The van der Waals surface area contributed by atoms with E-state index in [4.69, 9.17) is 4.74 Å². The highest BCUT2D eigenvalue weighted by atomic mass is 32.2. The normalized spacial score (nSPS) is 11.2. The molecule has 0 aliphatic heterocycles. The Morgan fingerprint density at radius 2 is 1.84 bits per heavy atom. The van der Waals surface area contributed by atoms with Crippen molar-refractivity contribution in [2.24, 2.45) is 0 Å². The summed E-state index contributed by atoms with van der Waals surface area (Å²) in [5, 5.41) is 0. The molecule has 0 radical (unpaired) electrons. The van der Waals surface area contributed by atoms with Crippen molar-refractivity contribution in [2.45, 2.75) is 23.6 Å². The number of nitrogens with zero attached hydrogens (tertiary/aromatic N) is 1. The highest BCUT2D eigenvalue weighted by molar-refractivity contribution is 7.98. The Morgan fingerprint density at radius 3 is 2.40 bits per heavy atom. The molecule has 2 aromatic carbocycles. The molecular weight excluding hydrogens is 358 g/mol. The number of benzene rings is 2. The summed E-state index contributed by atoms with van der Waals surface area (Å²) < 4.78 is 32.2. The fraction of sp³-hybridized carbons (Fsp3) is 0.278. The van der Waals surface area contributed by atoms with Crippen LogP contribution in [0, 0.1) is 6.92 Å². The van der Waals surface area contributed by atoms with Gasteiger partial charge in [-0.3, -0.25) is 9.10 Å². The predicted octanol–water partition coefficient (Wildman–Crippen LogP) is 3.48. The lowest BCUT2D eigenvalue weighted by molar-refractivity contribution is -0.141. The second-order valence-corrected chi connectivity index (χ2v) is 8.07. The van der Waals surface area contributed by atoms with E-state index in [1.54, 1.807) is 49.4 Å². The Labute approximate surface area is 153 Å². The maximum Gasteiger partial charge on any atom is 0.326 e. The van der Waals surface area contributed by atoms with Gasteiger partial charge in [0.15, 0.2) is 0 Å². The largest absolute Gasteiger partial charge is 0.465 e. The first kappa shape index (κ1) is 19.3. The number of aryl methyl sites for hydroxylation is 1. The van der Waals surface area contributed by atoms with Gasteiger partial charge in [-0.25, -0.2) is 8.42 Å². The van der Waals surface area contributed by atoms with Gasteiger partial charge in [-0.05, 0) is 62.1 Å². The van der Waals surface area contributed by atoms with Crippen LogP contribution in [0.3, 0.4) is 0 Å². The maximum absolute atomic E-state index is 13.1. The molecule has 0 aliphatic carbocycles. The summed E-state index contributed by atoms with van der Waals surface area (Å²) in [7, 11) is -3.89. The average Bonchev–Trinajstić information content (AvgIpc) is 2.60. The van der Waals surface area contributed by atoms with Crippen LogP contribution in [0.25, 0.3) is 0 Å². The molecule has 25 heavy (non-hydrogen) atoms. The molecule has 0 aromatic heterocycles. The van der Waals surface area contributed by atoms with Crippen LogP contribution in [0.2, 0.25) is 0 Å². The molecule has 0 spiro atoms. The lowest BCUT2D eigenvalue weighted by Crippen LogP contribution is -2.36. The fourth-order valence-electron chi connectivity index (χ4n) is 2.30. The fourth-order valence-corrected chi connectivity index (χ4v) is 4.11. The minimum atomic E-state index is -3.89. The first-order valence-electron chi connectivity index (χ1n) is 7.77. The third-order valence-corrected chi connectivity index (χ3v) is 6.05. The number of ether oxygens (including phenoxy) is 1. The Bertz CT molecular complexity index is 832. The summed E-state index contributed by atoms with van der Waals surface area (Å²) in [4.78, 5) is 13.1. The van der Waals surface area contributed by atoms with Gasteiger partial charge in [0.05, 0.1) is 17.2 Å². The highest BCUT2D eigenvalue weighted by Crippen LogP contribution is 2.26. The van der Waals surface area contributed by atoms with Crippen molar-refractivity contribution < 1.29 is 17.9 Å². The number of sulfonamides is 1. The van der Waals surface area contributed by atoms with Crippen LogP contribution in [0.5, 0.6) is 0 Å². The quantitative estimate of drug-likeness (QED) is 0.544. The topological polar surface area (TPSA) is 63.7 Å². The van der Waals surface area contributed by atoms with Crippen LogP contribution in [-0.4, -0.2) is 33.8 Å². The molecule has 2 aromatic rings. The molecule has 134 valence electrons. The summed E-state index contributed by atoms with van der Waals surface area (Å²) >= 11 is 1.53. The van der Waals surface area contributed by atoms with Crippen LogP contribution in [0.15, 0.2) is 58.3 Å². The molecule has 0 unspecified atom stereocenters. The molecular formula is C18H21NO4S2. The van der Waals surface area contributed by atoms with Crippen LogP contribution >= 0.6 is 11.8 Å². The van der Waals surface area contributed by atoms with Gasteiger partial charge in [-0.1, -0.05) is 12.1 Å². The molecule has 0 atom stereocenters. The van der Waals surface area contributed by atoms with Gasteiger partial charge >= 0.3 is 5.97 Å². The minimum Gasteiger partial charge on any atom is -0.465 e. The van der Waals surface area contributed by atoms with E-state index in [0.29, 0.717) is 5.69 Å². The second-order valence-electron chi connectivity index (χ2n) is 5.33. The van der Waals surface area contributed by atoms with Gasteiger partial charge in [0.2, 0.25) is 0 Å². The van der Waals surface area contributed by atoms with Crippen LogP contribution in [0.1, 0.15) is 12.5 Å². The van der Waals surface area contributed by atoms with Crippen molar-refractivity contribution in [2.75, 3.05) is 23.7 Å². The number of thioether (sulfide) groups is 1. The minimum absolute atomic E-state index is 0.135. The average molecular weight is 380 g/mol. The van der Waals surface area contributed by atoms with Crippen LogP contribution < -0.4 is 4.31 Å². The van der Waals surface area contributed by atoms with Gasteiger partial charge in [0, 0.05) is 4.90 Å². The number of esters is 1. The summed E-state index contributed by atoms with van der Waals surface area (Å²) in [6.45, 7) is 3.38. The summed E-state index contributed by atoms with van der Waals surface area (Å²) in [6.07, 6.45) is 1.92. The van der Waals surface area contributed by atoms with Gasteiger partial charge in [-0.15, -0.1) is 11.8 Å². The van der Waals surface area contributed by atoms with Crippen molar-refractivity contribution >= 4 is 33.4 Å². The van der Waals surface area contributed by atoms with E-state index >= 15 is 0 Å². The number of hydrogen-bond acceptors (Lipinski definition) is 5. The SMILES string of the molecule is CCOC(=O)CN(c1cccc(C)c1)S(=O)(=O)c1ccc(SC)cc1. The first-order chi connectivity index (χ1) is 11.9. The molecule has 0 bridgehead atoms. The zero-order valence-corrected chi connectivity index (χ0v) is 16.1. The lowest BCUT2D eigenvalue weighted by Gasteiger charge is -2.24. The summed E-state index contributed by atoms with van der Waals surface area (Å²) in [6, 6.07) is 13.6. The molecule has 0 aliphatic rings. The van der Waals surface area contributed by atoms with E-state index in [1.807, 2.05) is 19.2 Å². The van der Waals surface area contributed by atoms with Gasteiger partial charge < -0.3 is 4.74 Å². The van der Waals surface area contributed by atoms with Crippen molar-refractivity contribution in [3.05, 3.63) is 54.1 Å². The second kappa shape index (κ2) is 8.40. The number of carbonyl (C=O) groups excluding carboxylic acids is 1. The van der Waals surface area contributed by atoms with Crippen molar-refractivity contribution in [3.63, 3.8) is 0 Å². The molecule has 0 saturated carbocycles. The van der Waals surface area contributed by atoms with E-state index < -0.39 is 16.0 Å². The third-order valence-electron chi connectivity index (χ3n) is 3.52. The van der Waals surface area contributed by atoms with Gasteiger partial charge in [0.25, 0.3) is 10.0 Å². The van der Waals surface area contributed by atoms with E-state index in [-0.39, 0.29) is 18.0 Å². The maximum atomic E-state index is 13.1. The van der Waals surface area contributed by atoms with Crippen molar-refractivity contribution in [1.29, 1.82) is 0 Å². The molecule has 5 nitrogen and oxygen atoms in total. The molecule has 0 heterocycles. The molecule has 2 rings (SSSR count). The van der Waals surface area contributed by atoms with E-state index in [2.05, 4.69) is 0 Å². The third kappa shape index (κ3) is 4.76.